The summed E-state index contributed by atoms with van der Waals surface area (Å²) in [5.41, 5.74) is 1.37. The predicted octanol–water partition coefficient (Wildman–Crippen LogP) is 1.20. The zero-order valence-corrected chi connectivity index (χ0v) is 10.8. The number of esters is 1. The summed E-state index contributed by atoms with van der Waals surface area (Å²) < 4.78 is 4.47. The van der Waals surface area contributed by atoms with E-state index in [4.69, 9.17) is 5.26 Å². The van der Waals surface area contributed by atoms with Gasteiger partial charge in [-0.3, -0.25) is 9.59 Å². The average Bonchev–Trinajstić information content (AvgIpc) is 2.44. The second-order valence-electron chi connectivity index (χ2n) is 3.84. The van der Waals surface area contributed by atoms with Gasteiger partial charge in [0.05, 0.1) is 18.7 Å². The van der Waals surface area contributed by atoms with Crippen molar-refractivity contribution in [1.29, 1.82) is 5.26 Å². The first-order chi connectivity index (χ1) is 9.06. The first kappa shape index (κ1) is 14.5. The molecule has 1 aromatic carbocycles. The molecule has 1 amide bonds. The van der Waals surface area contributed by atoms with Gasteiger partial charge in [0.1, 0.15) is 6.54 Å². The van der Waals surface area contributed by atoms with Gasteiger partial charge < -0.3 is 9.64 Å². The molecule has 0 spiro atoms. The summed E-state index contributed by atoms with van der Waals surface area (Å²) in [6.45, 7) is -0.0902. The van der Waals surface area contributed by atoms with Crippen molar-refractivity contribution in [2.24, 2.45) is 0 Å². The average molecular weight is 258 g/mol. The standard InChI is InChI=1S/C14H14N2O3/c1-16(10-14(18)19-2)13(17)8-7-11-3-5-12(9-15)6-4-11/h3-8H,10H2,1-2H3/b8-7+. The Balaban J connectivity index is 2.62. The Morgan fingerprint density at radius 1 is 1.37 bits per heavy atom. The van der Waals surface area contributed by atoms with Crippen LogP contribution in [0.3, 0.4) is 0 Å². The molecule has 0 aliphatic heterocycles. The molecule has 0 aromatic heterocycles. The van der Waals surface area contributed by atoms with Crippen LogP contribution in [-0.2, 0) is 14.3 Å². The SMILES string of the molecule is COC(=O)CN(C)C(=O)/C=C/c1ccc(C#N)cc1. The van der Waals surface area contributed by atoms with Gasteiger partial charge in [-0.05, 0) is 23.8 Å². The Bertz CT molecular complexity index is 527. The number of carbonyl (C=O) groups is 2. The van der Waals surface area contributed by atoms with Gasteiger partial charge in [-0.15, -0.1) is 0 Å². The molecule has 0 radical (unpaired) electrons. The summed E-state index contributed by atoms with van der Waals surface area (Å²) >= 11 is 0. The molecular weight excluding hydrogens is 244 g/mol. The van der Waals surface area contributed by atoms with Crippen molar-refractivity contribution in [2.75, 3.05) is 20.7 Å². The van der Waals surface area contributed by atoms with Gasteiger partial charge in [0.15, 0.2) is 0 Å². The second kappa shape index (κ2) is 6.97. The van der Waals surface area contributed by atoms with Crippen molar-refractivity contribution in [3.63, 3.8) is 0 Å². The van der Waals surface area contributed by atoms with E-state index in [1.165, 1.54) is 25.1 Å². The fourth-order valence-corrected chi connectivity index (χ4v) is 1.30. The predicted molar refractivity (Wildman–Crippen MR) is 69.8 cm³/mol. The molecule has 98 valence electrons. The van der Waals surface area contributed by atoms with Gasteiger partial charge in [0.25, 0.3) is 0 Å². The molecule has 0 unspecified atom stereocenters. The number of rotatable bonds is 4. The lowest BCUT2D eigenvalue weighted by Crippen LogP contribution is -2.31. The zero-order valence-electron chi connectivity index (χ0n) is 10.8. The summed E-state index contributed by atoms with van der Waals surface area (Å²) in [6.07, 6.45) is 2.99. The largest absolute Gasteiger partial charge is 0.468 e. The van der Waals surface area contributed by atoms with E-state index in [-0.39, 0.29) is 12.5 Å². The van der Waals surface area contributed by atoms with Crippen molar-refractivity contribution in [3.05, 3.63) is 41.5 Å². The highest BCUT2D eigenvalue weighted by Gasteiger charge is 2.09. The highest BCUT2D eigenvalue weighted by molar-refractivity contribution is 5.93. The van der Waals surface area contributed by atoms with Crippen molar-refractivity contribution < 1.29 is 14.3 Å². The van der Waals surface area contributed by atoms with Crippen LogP contribution in [-0.4, -0.2) is 37.5 Å². The first-order valence-electron chi connectivity index (χ1n) is 5.57. The van der Waals surface area contributed by atoms with Crippen molar-refractivity contribution >= 4 is 18.0 Å². The molecule has 0 saturated carbocycles. The van der Waals surface area contributed by atoms with Crippen molar-refractivity contribution in [3.8, 4) is 6.07 Å². The zero-order chi connectivity index (χ0) is 14.3. The molecule has 0 fully saturated rings. The highest BCUT2D eigenvalue weighted by Crippen LogP contribution is 2.05. The van der Waals surface area contributed by atoms with Crippen LogP contribution in [0.25, 0.3) is 6.08 Å². The third-order valence-corrected chi connectivity index (χ3v) is 2.43. The number of carbonyl (C=O) groups excluding carboxylic acids is 2. The molecule has 0 heterocycles. The highest BCUT2D eigenvalue weighted by atomic mass is 16.5. The minimum atomic E-state index is -0.470. The van der Waals surface area contributed by atoms with Crippen LogP contribution in [0.15, 0.2) is 30.3 Å². The number of amides is 1. The molecule has 5 nitrogen and oxygen atoms in total. The maximum atomic E-state index is 11.7. The molecule has 0 saturated heterocycles. The molecule has 0 atom stereocenters. The topological polar surface area (TPSA) is 70.4 Å². The normalized spacial score (nSPS) is 9.95. The minimum absolute atomic E-state index is 0.0902. The monoisotopic (exact) mass is 258 g/mol. The number of benzene rings is 1. The molecular formula is C14H14N2O3. The van der Waals surface area contributed by atoms with Crippen LogP contribution in [0.2, 0.25) is 0 Å². The molecule has 5 heteroatoms. The number of nitrogens with zero attached hydrogens (tertiary/aromatic N) is 2. The minimum Gasteiger partial charge on any atom is -0.468 e. The Morgan fingerprint density at radius 2 is 2.00 bits per heavy atom. The molecule has 19 heavy (non-hydrogen) atoms. The Morgan fingerprint density at radius 3 is 2.53 bits per heavy atom. The summed E-state index contributed by atoms with van der Waals surface area (Å²) in [7, 11) is 2.79. The van der Waals surface area contributed by atoms with Crippen LogP contribution in [0.4, 0.5) is 0 Å². The quantitative estimate of drug-likeness (QED) is 0.601. The number of nitriles is 1. The van der Waals surface area contributed by atoms with E-state index in [1.807, 2.05) is 6.07 Å². The molecule has 0 aliphatic carbocycles. The lowest BCUT2D eigenvalue weighted by atomic mass is 10.1. The Hall–Kier alpha value is -2.61. The number of likely N-dealkylation sites (N-methyl/N-ethyl adjacent to an activating group) is 1. The van der Waals surface area contributed by atoms with Gasteiger partial charge in [0, 0.05) is 13.1 Å². The van der Waals surface area contributed by atoms with E-state index in [0.717, 1.165) is 5.56 Å². The first-order valence-corrected chi connectivity index (χ1v) is 5.57. The van der Waals surface area contributed by atoms with E-state index >= 15 is 0 Å². The molecule has 0 bridgehead atoms. The van der Waals surface area contributed by atoms with Crippen LogP contribution < -0.4 is 0 Å². The summed E-state index contributed by atoms with van der Waals surface area (Å²) in [5, 5.41) is 8.65. The number of ether oxygens (including phenoxy) is 1. The number of hydrogen-bond donors (Lipinski definition) is 0. The van der Waals surface area contributed by atoms with E-state index in [0.29, 0.717) is 5.56 Å². The van der Waals surface area contributed by atoms with Gasteiger partial charge >= 0.3 is 5.97 Å². The fourth-order valence-electron chi connectivity index (χ4n) is 1.30. The summed E-state index contributed by atoms with van der Waals surface area (Å²) in [6, 6.07) is 8.83. The lowest BCUT2D eigenvalue weighted by Gasteiger charge is -2.12. The molecule has 1 rings (SSSR count). The van der Waals surface area contributed by atoms with Gasteiger partial charge in [-0.2, -0.15) is 5.26 Å². The Labute approximate surface area is 111 Å². The van der Waals surface area contributed by atoms with Crippen LogP contribution in [0.1, 0.15) is 11.1 Å². The van der Waals surface area contributed by atoms with E-state index in [9.17, 15) is 9.59 Å². The maximum absolute atomic E-state index is 11.7. The second-order valence-corrected chi connectivity index (χ2v) is 3.84. The number of hydrogen-bond acceptors (Lipinski definition) is 4. The van der Waals surface area contributed by atoms with E-state index in [1.54, 1.807) is 30.3 Å². The lowest BCUT2D eigenvalue weighted by molar-refractivity contribution is -0.144. The molecule has 1 aromatic rings. The van der Waals surface area contributed by atoms with Gasteiger partial charge in [-0.25, -0.2) is 0 Å². The molecule has 0 aliphatic rings. The van der Waals surface area contributed by atoms with Crippen molar-refractivity contribution in [2.45, 2.75) is 0 Å². The van der Waals surface area contributed by atoms with Gasteiger partial charge in [-0.1, -0.05) is 12.1 Å². The third-order valence-electron chi connectivity index (χ3n) is 2.43. The maximum Gasteiger partial charge on any atom is 0.325 e. The van der Waals surface area contributed by atoms with Crippen LogP contribution >= 0.6 is 0 Å². The van der Waals surface area contributed by atoms with Crippen LogP contribution in [0.5, 0.6) is 0 Å². The van der Waals surface area contributed by atoms with Crippen LogP contribution in [0, 0.1) is 11.3 Å². The fraction of sp³-hybridized carbons (Fsp3) is 0.214. The smallest absolute Gasteiger partial charge is 0.325 e. The van der Waals surface area contributed by atoms with Gasteiger partial charge in [0.2, 0.25) is 5.91 Å². The molecule has 0 N–H and O–H groups in total. The van der Waals surface area contributed by atoms with Crippen molar-refractivity contribution in [1.82, 2.24) is 4.90 Å². The van der Waals surface area contributed by atoms with E-state index < -0.39 is 5.97 Å². The summed E-state index contributed by atoms with van der Waals surface area (Å²) in [5.74, 6) is -0.766. The number of methoxy groups -OCH3 is 1. The van der Waals surface area contributed by atoms with E-state index in [2.05, 4.69) is 4.74 Å². The summed E-state index contributed by atoms with van der Waals surface area (Å²) in [4.78, 5) is 23.9. The third kappa shape index (κ3) is 4.64. The Kier molecular flexibility index (Phi) is 5.30.